The molecule has 1 N–H and O–H groups in total. The molecule has 1 amide bonds. The number of ether oxygens (including phenoxy) is 1. The van der Waals surface area contributed by atoms with E-state index in [9.17, 15) is 4.79 Å². The van der Waals surface area contributed by atoms with Gasteiger partial charge >= 0.3 is 0 Å². The lowest BCUT2D eigenvalue weighted by molar-refractivity contribution is -0.121. The third-order valence-electron chi connectivity index (χ3n) is 5.18. The predicted octanol–water partition coefficient (Wildman–Crippen LogP) is 7.39. The third kappa shape index (κ3) is 14.8. The van der Waals surface area contributed by atoms with E-state index in [0.717, 1.165) is 22.9 Å². The second-order valence-corrected chi connectivity index (χ2v) is 8.88. The van der Waals surface area contributed by atoms with Crippen molar-refractivity contribution in [3.63, 3.8) is 0 Å². The molecule has 0 aliphatic heterocycles. The average molecular weight is 492 g/mol. The van der Waals surface area contributed by atoms with Crippen LogP contribution in [0.3, 0.4) is 0 Å². The number of terminal acetylenes is 1. The Labute approximate surface area is 197 Å². The summed E-state index contributed by atoms with van der Waals surface area (Å²) in [6, 6.07) is 5.56. The van der Waals surface area contributed by atoms with E-state index in [-0.39, 0.29) is 12.5 Å². The van der Waals surface area contributed by atoms with Gasteiger partial charge in [0.2, 0.25) is 5.91 Å². The van der Waals surface area contributed by atoms with Crippen LogP contribution in [0.1, 0.15) is 102 Å². The zero-order valence-electron chi connectivity index (χ0n) is 19.1. The maximum Gasteiger partial charge on any atom is 0.240 e. The largest absolute Gasteiger partial charge is 0.480 e. The van der Waals surface area contributed by atoms with E-state index in [1.54, 1.807) is 6.21 Å². The summed E-state index contributed by atoms with van der Waals surface area (Å²) in [5, 5.41) is 4.05. The first-order valence-corrected chi connectivity index (χ1v) is 12.6. The molecule has 1 aromatic carbocycles. The maximum absolute atomic E-state index is 12.0. The summed E-state index contributed by atoms with van der Waals surface area (Å²) in [4.78, 5) is 12.0. The number of rotatable bonds is 18. The van der Waals surface area contributed by atoms with Gasteiger partial charge in [0, 0.05) is 16.5 Å². The third-order valence-corrected chi connectivity index (χ3v) is 5.68. The predicted molar refractivity (Wildman–Crippen MR) is 135 cm³/mol. The number of nitrogens with one attached hydrogen (secondary N) is 1. The number of carbonyl (C=O) groups excluding carboxylic acids is 1. The van der Waals surface area contributed by atoms with Crippen LogP contribution in [0.2, 0.25) is 0 Å². The summed E-state index contributed by atoms with van der Waals surface area (Å²) >= 11 is 3.42. The molecule has 0 saturated carbocycles. The summed E-state index contributed by atoms with van der Waals surface area (Å²) in [7, 11) is 0. The highest BCUT2D eigenvalue weighted by Crippen LogP contribution is 2.21. The summed E-state index contributed by atoms with van der Waals surface area (Å²) in [5.74, 6) is 3.02. The van der Waals surface area contributed by atoms with Crippen LogP contribution in [-0.2, 0) is 4.79 Å². The minimum absolute atomic E-state index is 0.0552. The Balaban J connectivity index is 2.06. The molecule has 1 aromatic rings. The van der Waals surface area contributed by atoms with Crippen molar-refractivity contribution in [2.24, 2.45) is 5.10 Å². The van der Waals surface area contributed by atoms with E-state index in [1.807, 2.05) is 18.2 Å². The van der Waals surface area contributed by atoms with Crippen LogP contribution in [-0.4, -0.2) is 18.7 Å². The Morgan fingerprint density at radius 2 is 1.61 bits per heavy atom. The summed E-state index contributed by atoms with van der Waals surface area (Å²) in [6.45, 7) is 2.45. The maximum atomic E-state index is 12.0. The molecule has 172 valence electrons. The number of hydrogen-bond acceptors (Lipinski definition) is 3. The van der Waals surface area contributed by atoms with E-state index in [2.05, 4.69) is 39.3 Å². The molecule has 0 atom stereocenters. The molecule has 0 radical (unpaired) electrons. The van der Waals surface area contributed by atoms with Crippen LogP contribution < -0.4 is 10.2 Å². The zero-order valence-corrected chi connectivity index (χ0v) is 20.7. The van der Waals surface area contributed by atoms with Crippen LogP contribution >= 0.6 is 15.9 Å². The van der Waals surface area contributed by atoms with Crippen LogP contribution in [0.25, 0.3) is 0 Å². The number of hydrazone groups is 1. The lowest BCUT2D eigenvalue weighted by atomic mass is 10.0. The first-order valence-electron chi connectivity index (χ1n) is 11.8. The molecular formula is C26H39BrN2O2. The molecule has 4 nitrogen and oxygen atoms in total. The number of unbranched alkanes of at least 4 members (excludes halogenated alkanes) is 12. The fourth-order valence-corrected chi connectivity index (χ4v) is 3.78. The molecule has 31 heavy (non-hydrogen) atoms. The van der Waals surface area contributed by atoms with Crippen molar-refractivity contribution < 1.29 is 9.53 Å². The van der Waals surface area contributed by atoms with Crippen molar-refractivity contribution in [2.45, 2.75) is 96.8 Å². The van der Waals surface area contributed by atoms with E-state index < -0.39 is 0 Å². The molecule has 5 heteroatoms. The fourth-order valence-electron chi connectivity index (χ4n) is 3.40. The number of nitrogens with zero attached hydrogens (tertiary/aromatic N) is 1. The van der Waals surface area contributed by atoms with Gasteiger partial charge < -0.3 is 4.74 Å². The van der Waals surface area contributed by atoms with Gasteiger partial charge in [0.15, 0.2) is 0 Å². The number of hydrogen-bond donors (Lipinski definition) is 1. The first kappa shape index (κ1) is 27.2. The number of halogens is 1. The van der Waals surface area contributed by atoms with E-state index in [1.165, 1.54) is 70.6 Å². The fraction of sp³-hybridized carbons (Fsp3) is 0.615. The molecule has 0 aromatic heterocycles. The van der Waals surface area contributed by atoms with Crippen LogP contribution in [0.15, 0.2) is 27.8 Å². The minimum Gasteiger partial charge on any atom is -0.480 e. The van der Waals surface area contributed by atoms with Gasteiger partial charge in [-0.3, -0.25) is 4.79 Å². The highest BCUT2D eigenvalue weighted by atomic mass is 79.9. The van der Waals surface area contributed by atoms with Gasteiger partial charge in [-0.15, -0.1) is 6.42 Å². The van der Waals surface area contributed by atoms with Crippen molar-refractivity contribution in [2.75, 3.05) is 6.61 Å². The molecular weight excluding hydrogens is 452 g/mol. The Morgan fingerprint density at radius 3 is 2.19 bits per heavy atom. The van der Waals surface area contributed by atoms with Crippen molar-refractivity contribution >= 4 is 28.1 Å². The first-order chi connectivity index (χ1) is 15.2. The molecule has 0 fully saturated rings. The Kier molecular flexibility index (Phi) is 16.6. The van der Waals surface area contributed by atoms with Gasteiger partial charge in [-0.2, -0.15) is 5.10 Å². The second-order valence-electron chi connectivity index (χ2n) is 7.96. The molecule has 1 rings (SSSR count). The van der Waals surface area contributed by atoms with E-state index in [4.69, 9.17) is 11.2 Å². The minimum atomic E-state index is -0.0552. The quantitative estimate of drug-likeness (QED) is 0.101. The van der Waals surface area contributed by atoms with Crippen LogP contribution in [0.4, 0.5) is 0 Å². The summed E-state index contributed by atoms with van der Waals surface area (Å²) in [6.07, 6.45) is 24.2. The summed E-state index contributed by atoms with van der Waals surface area (Å²) in [5.41, 5.74) is 3.35. The van der Waals surface area contributed by atoms with Gasteiger partial charge in [0.05, 0.1) is 6.21 Å². The number of amides is 1. The lowest BCUT2D eigenvalue weighted by Gasteiger charge is -2.06. The Hall–Kier alpha value is -1.80. The molecule has 0 aliphatic rings. The zero-order chi connectivity index (χ0) is 22.6. The molecule has 0 bridgehead atoms. The van der Waals surface area contributed by atoms with E-state index >= 15 is 0 Å². The van der Waals surface area contributed by atoms with Crippen molar-refractivity contribution in [1.82, 2.24) is 5.43 Å². The molecule has 0 aliphatic carbocycles. The van der Waals surface area contributed by atoms with Crippen molar-refractivity contribution in [3.05, 3.63) is 28.2 Å². The van der Waals surface area contributed by atoms with Gasteiger partial charge in [0.25, 0.3) is 0 Å². The lowest BCUT2D eigenvalue weighted by Crippen LogP contribution is -2.17. The van der Waals surface area contributed by atoms with Gasteiger partial charge in [-0.1, -0.05) is 106 Å². The van der Waals surface area contributed by atoms with Crippen molar-refractivity contribution in [3.8, 4) is 18.1 Å². The molecule has 0 spiro atoms. The molecule has 0 unspecified atom stereocenters. The smallest absolute Gasteiger partial charge is 0.240 e. The monoisotopic (exact) mass is 490 g/mol. The highest BCUT2D eigenvalue weighted by Gasteiger charge is 2.03. The molecule has 0 heterocycles. The van der Waals surface area contributed by atoms with E-state index in [0.29, 0.717) is 12.2 Å². The van der Waals surface area contributed by atoms with Gasteiger partial charge in [-0.05, 0) is 24.6 Å². The SMILES string of the molecule is C#CCOc1ccc(Br)cc1C=NNC(=O)CCCCCCCCCCCCCCC. The highest BCUT2D eigenvalue weighted by molar-refractivity contribution is 9.10. The number of carbonyl (C=O) groups is 1. The van der Waals surface area contributed by atoms with Gasteiger partial charge in [-0.25, -0.2) is 5.43 Å². The van der Waals surface area contributed by atoms with Crippen LogP contribution in [0, 0.1) is 12.3 Å². The Morgan fingerprint density at radius 1 is 1.03 bits per heavy atom. The topological polar surface area (TPSA) is 50.7 Å². The standard InChI is InChI=1S/C26H39BrN2O2/c1-3-5-6-7-8-9-10-11-12-13-14-15-16-17-26(30)29-28-22-23-21-24(27)18-19-25(23)31-20-4-2/h2,18-19,21-22H,3,5-17,20H2,1H3,(H,29,30). The summed E-state index contributed by atoms with van der Waals surface area (Å²) < 4.78 is 6.39. The number of benzene rings is 1. The Bertz CT molecular complexity index is 682. The van der Waals surface area contributed by atoms with Crippen LogP contribution in [0.5, 0.6) is 5.75 Å². The average Bonchev–Trinajstić information content (AvgIpc) is 2.76. The second kappa shape index (κ2) is 18.9. The van der Waals surface area contributed by atoms with Gasteiger partial charge in [0.1, 0.15) is 12.4 Å². The normalized spacial score (nSPS) is 10.9. The molecule has 0 saturated heterocycles. The van der Waals surface area contributed by atoms with Crippen molar-refractivity contribution in [1.29, 1.82) is 0 Å².